The molecule has 6 rings (SSSR count). The number of anilines is 1. The lowest BCUT2D eigenvalue weighted by molar-refractivity contribution is -0.123. The Morgan fingerprint density at radius 3 is 2.66 bits per heavy atom. The largest absolute Gasteiger partial charge is 0.454 e. The second-order valence-corrected chi connectivity index (χ2v) is 7.51. The number of hydrogen-bond acceptors (Lipinski definition) is 6. The molecule has 0 N–H and O–H groups in total. The number of hydrogen-bond donors (Lipinski definition) is 0. The Labute approximate surface area is 166 Å². The van der Waals surface area contributed by atoms with Crippen LogP contribution < -0.4 is 14.4 Å². The van der Waals surface area contributed by atoms with Crippen LogP contribution in [0.3, 0.4) is 0 Å². The summed E-state index contributed by atoms with van der Waals surface area (Å²) in [7, 11) is 0. The fourth-order valence-corrected chi connectivity index (χ4v) is 4.98. The minimum atomic E-state index is -0.710. The molecule has 4 heterocycles. The lowest BCUT2D eigenvalue weighted by Crippen LogP contribution is -2.40. The fraction of sp³-hybridized carbons (Fsp3) is 0.227. The molecular weight excluding hydrogens is 370 g/mol. The zero-order valence-corrected chi connectivity index (χ0v) is 15.2. The second kappa shape index (κ2) is 5.61. The summed E-state index contributed by atoms with van der Waals surface area (Å²) < 4.78 is 10.7. The Balaban J connectivity index is 1.46. The van der Waals surface area contributed by atoms with Gasteiger partial charge in [-0.05, 0) is 29.3 Å². The van der Waals surface area contributed by atoms with Gasteiger partial charge in [-0.3, -0.25) is 9.59 Å². The predicted octanol–water partition coefficient (Wildman–Crippen LogP) is 2.45. The standard InChI is InChI=1S/C22H15N3O4/c23-10-15-18-19(20-14-4-2-1-3-12(14)7-8-24(15)20)22(27)25(21(18)26)13-5-6-16-17(9-13)29-11-28-16/h1-9,15,18-20H,11H2/t15-,18+,19-,20+/m1/s1. The van der Waals surface area contributed by atoms with Crippen molar-refractivity contribution < 1.29 is 19.1 Å². The summed E-state index contributed by atoms with van der Waals surface area (Å²) in [6.07, 6.45) is 3.77. The van der Waals surface area contributed by atoms with Crippen LogP contribution in [0.1, 0.15) is 17.2 Å². The number of ether oxygens (including phenoxy) is 2. The van der Waals surface area contributed by atoms with E-state index in [2.05, 4.69) is 6.07 Å². The van der Waals surface area contributed by atoms with Crippen molar-refractivity contribution in [3.05, 3.63) is 59.8 Å². The van der Waals surface area contributed by atoms with Crippen molar-refractivity contribution in [1.82, 2.24) is 4.90 Å². The number of imide groups is 1. The highest BCUT2D eigenvalue weighted by Crippen LogP contribution is 2.53. The van der Waals surface area contributed by atoms with E-state index in [0.717, 1.165) is 11.1 Å². The van der Waals surface area contributed by atoms with Crippen LogP contribution in [0.5, 0.6) is 11.5 Å². The van der Waals surface area contributed by atoms with Gasteiger partial charge in [0.25, 0.3) is 0 Å². The van der Waals surface area contributed by atoms with Crippen LogP contribution in [-0.2, 0) is 9.59 Å². The van der Waals surface area contributed by atoms with E-state index < -0.39 is 17.9 Å². The normalized spacial score (nSPS) is 28.2. The van der Waals surface area contributed by atoms with Gasteiger partial charge in [0.05, 0.1) is 29.6 Å². The number of benzene rings is 2. The minimum absolute atomic E-state index is 0.114. The van der Waals surface area contributed by atoms with Gasteiger partial charge >= 0.3 is 0 Å². The Bertz CT molecular complexity index is 1150. The van der Waals surface area contributed by atoms with E-state index in [1.807, 2.05) is 41.4 Å². The first-order valence-corrected chi connectivity index (χ1v) is 9.40. The molecule has 4 aliphatic heterocycles. The lowest BCUT2D eigenvalue weighted by Gasteiger charge is -2.33. The highest BCUT2D eigenvalue weighted by Gasteiger charge is 2.63. The second-order valence-electron chi connectivity index (χ2n) is 7.51. The summed E-state index contributed by atoms with van der Waals surface area (Å²) in [6.45, 7) is 0.114. The number of nitriles is 1. The molecule has 142 valence electrons. The SMILES string of the molecule is N#C[C@@H]1[C@@H]2C(=O)N(c3ccc4c(c3)OCO4)C(=O)[C@H]2[C@@H]2c3ccccc3C=CN12. The van der Waals surface area contributed by atoms with Gasteiger partial charge in [0.1, 0.15) is 6.04 Å². The third-order valence-corrected chi connectivity index (χ3v) is 6.21. The first-order chi connectivity index (χ1) is 14.2. The smallest absolute Gasteiger partial charge is 0.240 e. The number of amides is 2. The first-order valence-electron chi connectivity index (χ1n) is 9.40. The zero-order chi connectivity index (χ0) is 19.7. The molecule has 0 spiro atoms. The Morgan fingerprint density at radius 2 is 1.79 bits per heavy atom. The Hall–Kier alpha value is -3.79. The third kappa shape index (κ3) is 2.00. The van der Waals surface area contributed by atoms with E-state index in [9.17, 15) is 14.9 Å². The average Bonchev–Trinajstić information content (AvgIpc) is 3.41. The minimum Gasteiger partial charge on any atom is -0.454 e. The third-order valence-electron chi connectivity index (χ3n) is 6.21. The van der Waals surface area contributed by atoms with Gasteiger partial charge in [0.2, 0.25) is 18.6 Å². The van der Waals surface area contributed by atoms with E-state index in [4.69, 9.17) is 9.47 Å². The number of carbonyl (C=O) groups excluding carboxylic acids is 2. The zero-order valence-electron chi connectivity index (χ0n) is 15.2. The van der Waals surface area contributed by atoms with Gasteiger partial charge in [-0.25, -0.2) is 4.90 Å². The lowest BCUT2D eigenvalue weighted by atomic mass is 9.85. The molecule has 0 bridgehead atoms. The van der Waals surface area contributed by atoms with E-state index in [0.29, 0.717) is 17.2 Å². The summed E-state index contributed by atoms with van der Waals surface area (Å²) in [4.78, 5) is 29.9. The number of carbonyl (C=O) groups is 2. The Kier molecular flexibility index (Phi) is 3.13. The molecule has 2 fully saturated rings. The topological polar surface area (TPSA) is 82.9 Å². The molecule has 0 unspecified atom stereocenters. The maximum absolute atomic E-state index is 13.5. The first kappa shape index (κ1) is 16.2. The van der Waals surface area contributed by atoms with Crippen molar-refractivity contribution in [2.45, 2.75) is 12.1 Å². The summed E-state index contributed by atoms with van der Waals surface area (Å²) in [5.41, 5.74) is 2.42. The number of rotatable bonds is 1. The van der Waals surface area contributed by atoms with E-state index >= 15 is 0 Å². The van der Waals surface area contributed by atoms with Gasteiger partial charge in [0, 0.05) is 12.3 Å². The van der Waals surface area contributed by atoms with Crippen molar-refractivity contribution in [3.8, 4) is 17.6 Å². The molecule has 2 aromatic rings. The van der Waals surface area contributed by atoms with Crippen molar-refractivity contribution in [2.75, 3.05) is 11.7 Å². The molecule has 29 heavy (non-hydrogen) atoms. The quantitative estimate of drug-likeness (QED) is 0.702. The van der Waals surface area contributed by atoms with Crippen LogP contribution in [0.2, 0.25) is 0 Å². The van der Waals surface area contributed by atoms with Crippen LogP contribution in [0, 0.1) is 23.2 Å². The van der Waals surface area contributed by atoms with E-state index in [1.54, 1.807) is 18.2 Å². The van der Waals surface area contributed by atoms with Gasteiger partial charge in [-0.2, -0.15) is 5.26 Å². The monoisotopic (exact) mass is 385 g/mol. The van der Waals surface area contributed by atoms with Gasteiger partial charge < -0.3 is 14.4 Å². The van der Waals surface area contributed by atoms with E-state index in [-0.39, 0.29) is 24.6 Å². The van der Waals surface area contributed by atoms with Crippen molar-refractivity contribution in [1.29, 1.82) is 5.26 Å². The molecule has 7 heteroatoms. The highest BCUT2D eigenvalue weighted by atomic mass is 16.7. The number of nitrogens with zero attached hydrogens (tertiary/aromatic N) is 3. The van der Waals surface area contributed by atoms with Crippen LogP contribution in [0.15, 0.2) is 48.7 Å². The van der Waals surface area contributed by atoms with Crippen molar-refractivity contribution in [3.63, 3.8) is 0 Å². The average molecular weight is 385 g/mol. The predicted molar refractivity (Wildman–Crippen MR) is 101 cm³/mol. The molecule has 0 aromatic heterocycles. The van der Waals surface area contributed by atoms with Gasteiger partial charge in [-0.15, -0.1) is 0 Å². The van der Waals surface area contributed by atoms with Crippen LogP contribution in [0.4, 0.5) is 5.69 Å². The van der Waals surface area contributed by atoms with Crippen LogP contribution in [-0.4, -0.2) is 29.5 Å². The highest BCUT2D eigenvalue weighted by molar-refractivity contribution is 6.23. The molecular formula is C22H15N3O4. The molecule has 0 saturated carbocycles. The summed E-state index contributed by atoms with van der Waals surface area (Å²) in [5.74, 6) is -0.852. The molecule has 2 aromatic carbocycles. The van der Waals surface area contributed by atoms with Crippen LogP contribution in [0.25, 0.3) is 6.08 Å². The molecule has 2 saturated heterocycles. The molecule has 7 nitrogen and oxygen atoms in total. The molecule has 4 atom stereocenters. The summed E-state index contributed by atoms with van der Waals surface area (Å²) in [5, 5.41) is 9.84. The van der Waals surface area contributed by atoms with Gasteiger partial charge in [0.15, 0.2) is 11.5 Å². The molecule has 2 amide bonds. The summed E-state index contributed by atoms with van der Waals surface area (Å²) in [6, 6.07) is 14.1. The number of fused-ring (bicyclic) bond motifs is 6. The molecule has 0 aliphatic carbocycles. The molecule has 4 aliphatic rings. The van der Waals surface area contributed by atoms with Gasteiger partial charge in [-0.1, -0.05) is 24.3 Å². The fourth-order valence-electron chi connectivity index (χ4n) is 4.98. The molecule has 0 radical (unpaired) electrons. The van der Waals surface area contributed by atoms with E-state index in [1.165, 1.54) is 4.90 Å². The maximum Gasteiger partial charge on any atom is 0.240 e. The van der Waals surface area contributed by atoms with Crippen molar-refractivity contribution in [2.24, 2.45) is 11.8 Å². The van der Waals surface area contributed by atoms with Crippen LogP contribution >= 0.6 is 0 Å². The maximum atomic E-state index is 13.5. The van der Waals surface area contributed by atoms with Crippen molar-refractivity contribution >= 4 is 23.6 Å². The summed E-state index contributed by atoms with van der Waals surface area (Å²) >= 11 is 0. The Morgan fingerprint density at radius 1 is 1.00 bits per heavy atom.